The van der Waals surface area contributed by atoms with Crippen molar-refractivity contribution in [2.45, 2.75) is 65.7 Å². The molecule has 33 heavy (non-hydrogen) atoms. The number of aromatic nitrogens is 3. The number of benzene rings is 1. The van der Waals surface area contributed by atoms with Crippen molar-refractivity contribution in [1.29, 1.82) is 0 Å². The number of fused-ring (bicyclic) bond motifs is 1. The normalized spacial score (nSPS) is 14.4. The van der Waals surface area contributed by atoms with Crippen LogP contribution in [0.3, 0.4) is 0 Å². The zero-order chi connectivity index (χ0) is 24.6. The molecule has 0 saturated heterocycles. The largest absolute Gasteiger partial charge is 0.490 e. The molecule has 0 bridgehead atoms. The number of hydrogen-bond donors (Lipinski definition) is 3. The Bertz CT molecular complexity index is 1190. The second-order valence-corrected chi connectivity index (χ2v) is 8.85. The van der Waals surface area contributed by atoms with Crippen molar-refractivity contribution in [2.75, 3.05) is 5.73 Å². The molecule has 0 aliphatic rings. The third-order valence-electron chi connectivity index (χ3n) is 5.50. The predicted molar refractivity (Wildman–Crippen MR) is 125 cm³/mol. The van der Waals surface area contributed by atoms with Crippen LogP contribution in [0.1, 0.15) is 68.0 Å². The Labute approximate surface area is 196 Å². The van der Waals surface area contributed by atoms with E-state index in [0.29, 0.717) is 28.4 Å². The Balaban J connectivity index is 2.23. The first kappa shape index (κ1) is 24.7. The van der Waals surface area contributed by atoms with E-state index in [0.717, 1.165) is 0 Å². The average molecular weight is 478 g/mol. The number of nitrogen functional groups attached to an aromatic ring is 1. The maximum absolute atomic E-state index is 15.2. The summed E-state index contributed by atoms with van der Waals surface area (Å²) in [5, 5.41) is 12.2. The number of aliphatic hydroxyl groups is 1. The number of hydrogen-bond acceptors (Lipinski definition) is 6. The number of ether oxygens (including phenoxy) is 1. The fraction of sp³-hybridized carbons (Fsp3) is 0.435. The van der Waals surface area contributed by atoms with E-state index in [9.17, 15) is 9.90 Å². The summed E-state index contributed by atoms with van der Waals surface area (Å²) in [4.78, 5) is 21.8. The van der Waals surface area contributed by atoms with Crippen molar-refractivity contribution in [3.8, 4) is 5.75 Å². The molecule has 2 heterocycles. The predicted octanol–water partition coefficient (Wildman–Crippen LogP) is 3.85. The molecule has 3 atom stereocenters. The topological polar surface area (TPSA) is 115 Å². The Morgan fingerprint density at radius 3 is 2.58 bits per heavy atom. The van der Waals surface area contributed by atoms with Crippen LogP contribution in [0.25, 0.3) is 5.52 Å². The maximum atomic E-state index is 15.2. The highest BCUT2D eigenvalue weighted by Crippen LogP contribution is 2.40. The van der Waals surface area contributed by atoms with Gasteiger partial charge in [-0.2, -0.15) is 0 Å². The quantitative estimate of drug-likeness (QED) is 0.476. The first-order valence-electron chi connectivity index (χ1n) is 10.7. The Morgan fingerprint density at radius 2 is 1.97 bits per heavy atom. The van der Waals surface area contributed by atoms with Crippen LogP contribution in [0.4, 0.5) is 10.2 Å². The molecule has 0 aliphatic carbocycles. The van der Waals surface area contributed by atoms with E-state index >= 15 is 4.39 Å². The summed E-state index contributed by atoms with van der Waals surface area (Å²) in [6.45, 7) is 10.4. The Hall–Kier alpha value is -2.91. The van der Waals surface area contributed by atoms with Crippen molar-refractivity contribution in [2.24, 2.45) is 0 Å². The molecular weight excluding hydrogens is 449 g/mol. The average Bonchev–Trinajstić information content (AvgIpc) is 3.07. The first-order chi connectivity index (χ1) is 15.4. The number of amides is 1. The zero-order valence-corrected chi connectivity index (χ0v) is 20.2. The van der Waals surface area contributed by atoms with Gasteiger partial charge in [0.2, 0.25) is 0 Å². The van der Waals surface area contributed by atoms with Crippen molar-refractivity contribution in [3.05, 3.63) is 51.9 Å². The number of imidazole rings is 1. The molecule has 1 amide bonds. The highest BCUT2D eigenvalue weighted by atomic mass is 35.5. The third kappa shape index (κ3) is 4.74. The molecule has 0 unspecified atom stereocenters. The summed E-state index contributed by atoms with van der Waals surface area (Å²) in [5.41, 5.74) is 7.58. The monoisotopic (exact) mass is 477 g/mol. The zero-order valence-electron chi connectivity index (χ0n) is 19.5. The molecule has 10 heteroatoms. The lowest BCUT2D eigenvalue weighted by atomic mass is 9.95. The number of nitrogens with one attached hydrogen (secondary N) is 1. The molecule has 1 aromatic carbocycles. The lowest BCUT2D eigenvalue weighted by Crippen LogP contribution is -2.40. The minimum Gasteiger partial charge on any atom is -0.490 e. The van der Waals surface area contributed by atoms with Gasteiger partial charge in [-0.25, -0.2) is 14.4 Å². The second-order valence-electron chi connectivity index (χ2n) is 8.44. The molecule has 0 saturated carbocycles. The van der Waals surface area contributed by atoms with Crippen molar-refractivity contribution >= 4 is 28.8 Å². The van der Waals surface area contributed by atoms with E-state index in [1.165, 1.54) is 13.0 Å². The first-order valence-corrected chi connectivity index (χ1v) is 11.1. The van der Waals surface area contributed by atoms with Gasteiger partial charge in [0.25, 0.3) is 5.91 Å². The van der Waals surface area contributed by atoms with Gasteiger partial charge in [-0.15, -0.1) is 0 Å². The van der Waals surface area contributed by atoms with Gasteiger partial charge in [0.1, 0.15) is 28.5 Å². The number of carbonyl (C=O) groups excluding carboxylic acids is 1. The SMILES string of the molecule is Cc1nc([C@@H](C)c2cc(Cl)c(F)c(C(=O)N[C@H](C)[C@@H](C)O)c2OC(C)C)n2ccnc(N)c12. The smallest absolute Gasteiger partial charge is 0.258 e. The van der Waals surface area contributed by atoms with Gasteiger partial charge in [-0.05, 0) is 40.7 Å². The van der Waals surface area contributed by atoms with E-state index in [1.807, 2.05) is 18.2 Å². The summed E-state index contributed by atoms with van der Waals surface area (Å²) >= 11 is 6.23. The van der Waals surface area contributed by atoms with Gasteiger partial charge < -0.3 is 20.9 Å². The summed E-state index contributed by atoms with van der Waals surface area (Å²) < 4.78 is 23.0. The lowest BCUT2D eigenvalue weighted by Gasteiger charge is -2.24. The number of carbonyl (C=O) groups is 1. The van der Waals surface area contributed by atoms with Crippen LogP contribution < -0.4 is 15.8 Å². The van der Waals surface area contributed by atoms with Gasteiger partial charge in [-0.3, -0.25) is 9.20 Å². The van der Waals surface area contributed by atoms with Crippen molar-refractivity contribution in [1.82, 2.24) is 19.7 Å². The molecule has 0 aliphatic heterocycles. The molecule has 0 spiro atoms. The molecule has 3 aromatic rings. The fourth-order valence-electron chi connectivity index (χ4n) is 3.63. The van der Waals surface area contributed by atoms with Crippen LogP contribution in [-0.2, 0) is 0 Å². The summed E-state index contributed by atoms with van der Waals surface area (Å²) in [6.07, 6.45) is 2.13. The summed E-state index contributed by atoms with van der Waals surface area (Å²) in [6, 6.07) is 0.841. The summed E-state index contributed by atoms with van der Waals surface area (Å²) in [5.74, 6) is -1.05. The maximum Gasteiger partial charge on any atom is 0.258 e. The number of rotatable bonds is 7. The number of anilines is 1. The van der Waals surface area contributed by atoms with E-state index in [2.05, 4.69) is 15.3 Å². The minimum atomic E-state index is -0.892. The summed E-state index contributed by atoms with van der Waals surface area (Å²) in [7, 11) is 0. The molecule has 178 valence electrons. The molecule has 3 rings (SSSR count). The number of nitrogens with zero attached hydrogens (tertiary/aromatic N) is 3. The Morgan fingerprint density at radius 1 is 1.30 bits per heavy atom. The van der Waals surface area contributed by atoms with E-state index < -0.39 is 29.8 Å². The van der Waals surface area contributed by atoms with Crippen molar-refractivity contribution in [3.63, 3.8) is 0 Å². The molecule has 4 N–H and O–H groups in total. The van der Waals surface area contributed by atoms with Gasteiger partial charge in [0.15, 0.2) is 5.82 Å². The lowest BCUT2D eigenvalue weighted by molar-refractivity contribution is 0.0863. The van der Waals surface area contributed by atoms with Gasteiger partial charge in [-0.1, -0.05) is 18.5 Å². The van der Waals surface area contributed by atoms with Crippen LogP contribution in [-0.4, -0.2) is 43.6 Å². The van der Waals surface area contributed by atoms with Crippen LogP contribution in [0.5, 0.6) is 5.75 Å². The number of halogens is 2. The minimum absolute atomic E-state index is 0.0751. The van der Waals surface area contributed by atoms with Crippen LogP contribution in [0, 0.1) is 12.7 Å². The number of aryl methyl sites for hydroxylation is 1. The highest BCUT2D eigenvalue weighted by Gasteiger charge is 2.30. The van der Waals surface area contributed by atoms with Crippen LogP contribution >= 0.6 is 11.6 Å². The fourth-order valence-corrected chi connectivity index (χ4v) is 3.84. The van der Waals surface area contributed by atoms with Crippen LogP contribution in [0.2, 0.25) is 5.02 Å². The molecule has 2 aromatic heterocycles. The van der Waals surface area contributed by atoms with Crippen molar-refractivity contribution < 1.29 is 19.0 Å². The second kappa shape index (κ2) is 9.52. The Kier molecular flexibility index (Phi) is 7.14. The van der Waals surface area contributed by atoms with Crippen LogP contribution in [0.15, 0.2) is 18.5 Å². The van der Waals surface area contributed by atoms with E-state index in [-0.39, 0.29) is 22.4 Å². The third-order valence-corrected chi connectivity index (χ3v) is 5.78. The number of aliphatic hydroxyl groups excluding tert-OH is 1. The van der Waals surface area contributed by atoms with Gasteiger partial charge >= 0.3 is 0 Å². The molecule has 0 radical (unpaired) electrons. The van der Waals surface area contributed by atoms with E-state index in [4.69, 9.17) is 22.1 Å². The van der Waals surface area contributed by atoms with Gasteiger partial charge in [0, 0.05) is 23.9 Å². The molecule has 0 fully saturated rings. The molecular formula is C23H29ClFN5O3. The number of nitrogens with two attached hydrogens (primary N) is 1. The molecule has 8 nitrogen and oxygen atoms in total. The van der Waals surface area contributed by atoms with E-state index in [1.54, 1.807) is 33.2 Å². The standard InChI is InChI=1S/C23H29ClFN5O3/c1-10(2)33-20-15(9-16(24)18(25)17(20)23(32)29-12(4)14(6)31)11(3)22-28-13(5)19-21(26)27-7-8-30(19)22/h7-12,14,31H,1-6H3,(H2,26,27)(H,29,32)/t11-,12+,14+/m0/s1. The highest BCUT2D eigenvalue weighted by molar-refractivity contribution is 6.31. The van der Waals surface area contributed by atoms with Gasteiger partial charge in [0.05, 0.1) is 29.0 Å².